The van der Waals surface area contributed by atoms with Gasteiger partial charge in [0.2, 0.25) is 0 Å². The van der Waals surface area contributed by atoms with Gasteiger partial charge in [-0.1, -0.05) is 12.8 Å². The summed E-state index contributed by atoms with van der Waals surface area (Å²) in [4.78, 5) is 15.4. The van der Waals surface area contributed by atoms with Gasteiger partial charge in [0.25, 0.3) is 5.91 Å². The van der Waals surface area contributed by atoms with Crippen LogP contribution in [-0.4, -0.2) is 57.6 Å². The van der Waals surface area contributed by atoms with Gasteiger partial charge in [-0.15, -0.1) is 0 Å². The number of hydrogen-bond acceptors (Lipinski definition) is 1. The maximum atomic E-state index is 11.9. The number of nitrogens with zero attached hydrogens (tertiary/aromatic N) is 1. The third-order valence-electron chi connectivity index (χ3n) is 3.13. The van der Waals surface area contributed by atoms with E-state index in [0.717, 1.165) is 26.2 Å². The molecule has 1 saturated heterocycles. The lowest BCUT2D eigenvalue weighted by Gasteiger charge is -2.19. The number of nitrogens with one attached hydrogen (secondary N) is 1. The fraction of sp³-hybridized carbons (Fsp3) is 0.917. The van der Waals surface area contributed by atoms with Gasteiger partial charge in [-0.05, 0) is 12.8 Å². The van der Waals surface area contributed by atoms with Crippen LogP contribution in [0, 0.1) is 0 Å². The summed E-state index contributed by atoms with van der Waals surface area (Å²) < 4.78 is 0. The molecule has 16 heavy (non-hydrogen) atoms. The zero-order valence-corrected chi connectivity index (χ0v) is 10.8. The summed E-state index contributed by atoms with van der Waals surface area (Å²) in [5.41, 5.74) is 0. The van der Waals surface area contributed by atoms with Gasteiger partial charge >= 0.3 is 0 Å². The third kappa shape index (κ3) is 5.47. The van der Waals surface area contributed by atoms with Gasteiger partial charge < -0.3 is 15.1 Å². The molecule has 0 aliphatic carbocycles. The minimum Gasteiger partial charge on any atom is -0.338 e. The number of quaternary nitrogens is 2. The van der Waals surface area contributed by atoms with Crippen LogP contribution in [0.3, 0.4) is 0 Å². The molecule has 94 valence electrons. The average Bonchev–Trinajstić information content (AvgIpc) is 2.52. The lowest BCUT2D eigenvalue weighted by molar-refractivity contribution is -0.873. The van der Waals surface area contributed by atoms with Crippen LogP contribution >= 0.6 is 0 Å². The second-order valence-corrected chi connectivity index (χ2v) is 5.03. The Hall–Kier alpha value is -0.610. The number of rotatable bonds is 5. The molecule has 1 aliphatic rings. The summed E-state index contributed by atoms with van der Waals surface area (Å²) in [5.74, 6) is 0.329. The third-order valence-corrected chi connectivity index (χ3v) is 3.13. The van der Waals surface area contributed by atoms with Gasteiger partial charge in [-0.25, -0.2) is 0 Å². The Balaban J connectivity index is 2.13. The molecule has 1 heterocycles. The smallest absolute Gasteiger partial charge is 0.277 e. The van der Waals surface area contributed by atoms with E-state index in [-0.39, 0.29) is 0 Å². The number of hydrogen-bond donors (Lipinski definition) is 2. The Morgan fingerprint density at radius 1 is 1.19 bits per heavy atom. The second kappa shape index (κ2) is 7.63. The number of likely N-dealkylation sites (tertiary alicyclic amines) is 1. The largest absolute Gasteiger partial charge is 0.338 e. The summed E-state index contributed by atoms with van der Waals surface area (Å²) in [6.45, 7) is 4.75. The van der Waals surface area contributed by atoms with Crippen LogP contribution in [0.5, 0.6) is 0 Å². The van der Waals surface area contributed by atoms with Gasteiger partial charge in [0.1, 0.15) is 13.1 Å². The number of carbonyl (C=O) groups excluding carboxylic acids is 1. The minimum atomic E-state index is 0.329. The van der Waals surface area contributed by atoms with Crippen molar-refractivity contribution in [1.29, 1.82) is 0 Å². The number of nitrogens with two attached hydrogens (primary N) is 1. The monoisotopic (exact) mass is 229 g/mol. The molecule has 0 spiro atoms. The van der Waals surface area contributed by atoms with E-state index in [1.165, 1.54) is 30.6 Å². The molecule has 0 unspecified atom stereocenters. The van der Waals surface area contributed by atoms with Gasteiger partial charge in [0.05, 0.1) is 14.1 Å². The first-order chi connectivity index (χ1) is 7.70. The molecule has 0 aromatic carbocycles. The SMILES string of the molecule is C[NH+](C)CC[NH2+]CC(=O)N1CCCCCC1. The number of carbonyl (C=O) groups is 1. The Morgan fingerprint density at radius 2 is 1.81 bits per heavy atom. The molecule has 1 fully saturated rings. The van der Waals surface area contributed by atoms with Crippen molar-refractivity contribution in [1.82, 2.24) is 4.90 Å². The Bertz CT molecular complexity index is 198. The molecule has 0 saturated carbocycles. The molecule has 0 atom stereocenters. The van der Waals surface area contributed by atoms with E-state index in [2.05, 4.69) is 19.4 Å². The highest BCUT2D eigenvalue weighted by molar-refractivity contribution is 5.76. The van der Waals surface area contributed by atoms with Gasteiger partial charge in [0, 0.05) is 13.1 Å². The topological polar surface area (TPSA) is 41.4 Å². The molecule has 0 aromatic heterocycles. The first kappa shape index (κ1) is 13.5. The Morgan fingerprint density at radius 3 is 2.38 bits per heavy atom. The molecule has 0 radical (unpaired) electrons. The van der Waals surface area contributed by atoms with E-state index in [1.807, 2.05) is 4.90 Å². The second-order valence-electron chi connectivity index (χ2n) is 5.03. The first-order valence-corrected chi connectivity index (χ1v) is 6.58. The van der Waals surface area contributed by atoms with Crippen LogP contribution in [-0.2, 0) is 4.79 Å². The van der Waals surface area contributed by atoms with Gasteiger partial charge in [0.15, 0.2) is 6.54 Å². The fourth-order valence-electron chi connectivity index (χ4n) is 2.07. The van der Waals surface area contributed by atoms with Gasteiger partial charge in [-0.3, -0.25) is 4.79 Å². The molecule has 0 bridgehead atoms. The zero-order chi connectivity index (χ0) is 11.8. The Labute approximate surface area is 99.0 Å². The predicted octanol–water partition coefficient (Wildman–Crippen LogP) is -1.90. The van der Waals surface area contributed by atoms with Crippen molar-refractivity contribution in [2.45, 2.75) is 25.7 Å². The zero-order valence-electron chi connectivity index (χ0n) is 10.8. The summed E-state index contributed by atoms with van der Waals surface area (Å²) in [6.07, 6.45) is 4.95. The van der Waals surface area contributed by atoms with Crippen LogP contribution in [0.2, 0.25) is 0 Å². The molecule has 1 aliphatic heterocycles. The van der Waals surface area contributed by atoms with Crippen molar-refractivity contribution in [3.8, 4) is 0 Å². The van der Waals surface area contributed by atoms with E-state index >= 15 is 0 Å². The summed E-state index contributed by atoms with van der Waals surface area (Å²) in [5, 5.41) is 2.14. The van der Waals surface area contributed by atoms with Gasteiger partial charge in [-0.2, -0.15) is 0 Å². The van der Waals surface area contributed by atoms with Crippen molar-refractivity contribution < 1.29 is 15.0 Å². The van der Waals surface area contributed by atoms with E-state index < -0.39 is 0 Å². The molecule has 0 aromatic rings. The van der Waals surface area contributed by atoms with Crippen molar-refractivity contribution in [2.24, 2.45) is 0 Å². The summed E-state index contributed by atoms with van der Waals surface area (Å²) in [6, 6.07) is 0. The van der Waals surface area contributed by atoms with Crippen LogP contribution in [0.15, 0.2) is 0 Å². The maximum absolute atomic E-state index is 11.9. The standard InChI is InChI=1S/C12H25N3O/c1-14(2)10-7-13-11-12(16)15-8-5-3-4-6-9-15/h13H,3-11H2,1-2H3/p+2. The van der Waals surface area contributed by atoms with Crippen molar-refractivity contribution >= 4 is 5.91 Å². The van der Waals surface area contributed by atoms with E-state index in [4.69, 9.17) is 0 Å². The number of likely N-dealkylation sites (N-methyl/N-ethyl adjacent to an activating group) is 1. The minimum absolute atomic E-state index is 0.329. The van der Waals surface area contributed by atoms with Crippen molar-refractivity contribution in [3.63, 3.8) is 0 Å². The van der Waals surface area contributed by atoms with Crippen LogP contribution in [0.25, 0.3) is 0 Å². The van der Waals surface area contributed by atoms with Crippen LogP contribution < -0.4 is 10.2 Å². The maximum Gasteiger partial charge on any atom is 0.277 e. The van der Waals surface area contributed by atoms with E-state index in [9.17, 15) is 4.79 Å². The fourth-order valence-corrected chi connectivity index (χ4v) is 2.07. The van der Waals surface area contributed by atoms with E-state index in [0.29, 0.717) is 12.5 Å². The van der Waals surface area contributed by atoms with Crippen LogP contribution in [0.4, 0.5) is 0 Å². The first-order valence-electron chi connectivity index (χ1n) is 6.58. The molecular formula is C12H27N3O+2. The highest BCUT2D eigenvalue weighted by atomic mass is 16.2. The quantitative estimate of drug-likeness (QED) is 0.531. The normalized spacial score (nSPS) is 17.6. The summed E-state index contributed by atoms with van der Waals surface area (Å²) >= 11 is 0. The van der Waals surface area contributed by atoms with Crippen molar-refractivity contribution in [2.75, 3.05) is 46.8 Å². The lowest BCUT2D eigenvalue weighted by Crippen LogP contribution is -3.09. The molecule has 1 amide bonds. The molecule has 3 N–H and O–H groups in total. The molecule has 1 rings (SSSR count). The predicted molar refractivity (Wildman–Crippen MR) is 64.4 cm³/mol. The molecule has 4 nitrogen and oxygen atoms in total. The molecule has 4 heteroatoms. The highest BCUT2D eigenvalue weighted by Crippen LogP contribution is 2.08. The highest BCUT2D eigenvalue weighted by Gasteiger charge is 2.16. The number of amides is 1. The van der Waals surface area contributed by atoms with Crippen LogP contribution in [0.1, 0.15) is 25.7 Å². The van der Waals surface area contributed by atoms with Crippen molar-refractivity contribution in [3.05, 3.63) is 0 Å². The molecular weight excluding hydrogens is 202 g/mol. The Kier molecular flexibility index (Phi) is 6.42. The summed E-state index contributed by atoms with van der Waals surface area (Å²) in [7, 11) is 4.29. The average molecular weight is 229 g/mol. The van der Waals surface area contributed by atoms with E-state index in [1.54, 1.807) is 0 Å². The lowest BCUT2D eigenvalue weighted by atomic mass is 10.2.